The average Bonchev–Trinajstić information content (AvgIpc) is 2.27. The number of ether oxygens (including phenoxy) is 1. The van der Waals surface area contributed by atoms with E-state index in [1.165, 1.54) is 11.8 Å². The van der Waals surface area contributed by atoms with E-state index in [9.17, 15) is 26.4 Å². The third-order valence-electron chi connectivity index (χ3n) is 2.63. The summed E-state index contributed by atoms with van der Waals surface area (Å²) in [6.07, 6.45) is 0.495. The van der Waals surface area contributed by atoms with Crippen LogP contribution >= 0.6 is 0 Å². The van der Waals surface area contributed by atoms with Crippen molar-refractivity contribution in [3.05, 3.63) is 11.8 Å². The van der Waals surface area contributed by atoms with Crippen molar-refractivity contribution in [1.29, 1.82) is 0 Å². The number of amides is 1. The molecule has 1 aliphatic heterocycles. The zero-order chi connectivity index (χ0) is 17.3. The lowest BCUT2D eigenvalue weighted by molar-refractivity contribution is -0.0530. The van der Waals surface area contributed by atoms with E-state index in [2.05, 4.69) is 4.18 Å². The molecule has 0 aromatic rings. The number of carbonyl (C=O) groups excluding carboxylic acids is 1. The van der Waals surface area contributed by atoms with E-state index in [0.29, 0.717) is 0 Å². The van der Waals surface area contributed by atoms with Gasteiger partial charge in [0.15, 0.2) is 0 Å². The maximum absolute atomic E-state index is 12.3. The van der Waals surface area contributed by atoms with Crippen LogP contribution in [0.15, 0.2) is 11.8 Å². The second-order valence-electron chi connectivity index (χ2n) is 5.88. The lowest BCUT2D eigenvalue weighted by Crippen LogP contribution is -2.42. The third-order valence-corrected chi connectivity index (χ3v) is 3.61. The summed E-state index contributed by atoms with van der Waals surface area (Å²) in [6, 6.07) is 0. The molecule has 0 fully saturated rings. The van der Waals surface area contributed by atoms with Crippen molar-refractivity contribution in [2.45, 2.75) is 38.8 Å². The van der Waals surface area contributed by atoms with Crippen molar-refractivity contribution < 1.29 is 35.3 Å². The highest BCUT2D eigenvalue weighted by atomic mass is 32.2. The molecule has 0 saturated heterocycles. The Morgan fingerprint density at radius 3 is 2.27 bits per heavy atom. The van der Waals surface area contributed by atoms with E-state index in [1.807, 2.05) is 0 Å². The molecule has 0 aromatic heterocycles. The molecule has 1 atom stereocenters. The monoisotopic (exact) mass is 345 g/mol. The fourth-order valence-corrected chi connectivity index (χ4v) is 2.24. The van der Waals surface area contributed by atoms with Crippen molar-refractivity contribution in [1.82, 2.24) is 4.90 Å². The van der Waals surface area contributed by atoms with Crippen molar-refractivity contribution in [3.8, 4) is 0 Å². The van der Waals surface area contributed by atoms with Gasteiger partial charge in [-0.15, -0.1) is 0 Å². The van der Waals surface area contributed by atoms with Gasteiger partial charge in [0.2, 0.25) is 0 Å². The van der Waals surface area contributed by atoms with Gasteiger partial charge in [0.25, 0.3) is 0 Å². The van der Waals surface area contributed by atoms with Gasteiger partial charge in [0, 0.05) is 19.0 Å². The van der Waals surface area contributed by atoms with Gasteiger partial charge in [-0.25, -0.2) is 4.79 Å². The zero-order valence-corrected chi connectivity index (χ0v) is 13.4. The summed E-state index contributed by atoms with van der Waals surface area (Å²) >= 11 is 0. The summed E-state index contributed by atoms with van der Waals surface area (Å²) in [4.78, 5) is 13.1. The molecule has 0 unspecified atom stereocenters. The molecule has 0 N–H and O–H groups in total. The average molecular weight is 345 g/mol. The predicted octanol–water partition coefficient (Wildman–Crippen LogP) is 2.62. The predicted molar refractivity (Wildman–Crippen MR) is 71.1 cm³/mol. The van der Waals surface area contributed by atoms with E-state index in [1.54, 1.807) is 20.8 Å². The first-order chi connectivity index (χ1) is 9.73. The Morgan fingerprint density at radius 1 is 1.32 bits per heavy atom. The summed E-state index contributed by atoms with van der Waals surface area (Å²) in [5.74, 6) is -1.05. The van der Waals surface area contributed by atoms with Crippen LogP contribution in [0.5, 0.6) is 0 Å². The molecule has 0 saturated carbocycles. The standard InChI is InChI=1S/C12H18F3NO5S/c1-8-7-16(10(17)20-11(2,3)4)6-5-9(8)21-22(18,19)12(13,14)15/h5,8H,6-7H2,1-4H3/t8-/m1/s1. The van der Waals surface area contributed by atoms with Gasteiger partial charge in [-0.05, 0) is 26.8 Å². The molecule has 1 heterocycles. The molecule has 6 nitrogen and oxygen atoms in total. The number of hydrogen-bond acceptors (Lipinski definition) is 5. The molecule has 0 aliphatic carbocycles. The van der Waals surface area contributed by atoms with Crippen molar-refractivity contribution in [3.63, 3.8) is 0 Å². The summed E-state index contributed by atoms with van der Waals surface area (Å²) < 4.78 is 68.0. The highest BCUT2D eigenvalue weighted by molar-refractivity contribution is 7.87. The Kier molecular flexibility index (Phi) is 5.05. The normalized spacial score (nSPS) is 20.4. The maximum Gasteiger partial charge on any atom is 0.534 e. The van der Waals surface area contributed by atoms with Gasteiger partial charge in [-0.1, -0.05) is 6.92 Å². The summed E-state index contributed by atoms with van der Waals surface area (Å²) in [5.41, 5.74) is -6.20. The van der Waals surface area contributed by atoms with E-state index in [-0.39, 0.29) is 18.8 Å². The molecule has 0 radical (unpaired) electrons. The van der Waals surface area contributed by atoms with Crippen LogP contribution in [0.2, 0.25) is 0 Å². The summed E-state index contributed by atoms with van der Waals surface area (Å²) in [6.45, 7) is 6.39. The maximum atomic E-state index is 12.3. The SMILES string of the molecule is C[C@@H]1CN(C(=O)OC(C)(C)C)CC=C1OS(=O)(=O)C(F)(F)F. The molecule has 1 aliphatic rings. The second-order valence-corrected chi connectivity index (χ2v) is 7.41. The molecule has 1 amide bonds. The van der Waals surface area contributed by atoms with Gasteiger partial charge >= 0.3 is 21.7 Å². The highest BCUT2D eigenvalue weighted by Gasteiger charge is 2.49. The molecule has 128 valence electrons. The Morgan fingerprint density at radius 2 is 1.86 bits per heavy atom. The molecule has 1 rings (SSSR count). The Balaban J connectivity index is 2.79. The summed E-state index contributed by atoms with van der Waals surface area (Å²) in [7, 11) is -5.70. The van der Waals surface area contributed by atoms with Gasteiger partial charge in [-0.2, -0.15) is 21.6 Å². The number of alkyl halides is 3. The third kappa shape index (κ3) is 4.79. The van der Waals surface area contributed by atoms with Crippen LogP contribution in [0.4, 0.5) is 18.0 Å². The van der Waals surface area contributed by atoms with Crippen LogP contribution in [0.3, 0.4) is 0 Å². The van der Waals surface area contributed by atoms with E-state index in [0.717, 1.165) is 6.08 Å². The molecule has 10 heteroatoms. The second kappa shape index (κ2) is 5.98. The molecule has 0 aromatic carbocycles. The number of rotatable bonds is 2. The van der Waals surface area contributed by atoms with E-state index in [4.69, 9.17) is 4.74 Å². The largest absolute Gasteiger partial charge is 0.534 e. The molecule has 22 heavy (non-hydrogen) atoms. The van der Waals surface area contributed by atoms with Gasteiger partial charge < -0.3 is 13.8 Å². The van der Waals surface area contributed by atoms with Gasteiger partial charge in [-0.3, -0.25) is 0 Å². The minimum atomic E-state index is -5.70. The number of hydrogen-bond donors (Lipinski definition) is 0. The first kappa shape index (κ1) is 18.6. The Bertz CT molecular complexity index is 562. The minimum Gasteiger partial charge on any atom is -0.444 e. The van der Waals surface area contributed by atoms with Crippen LogP contribution < -0.4 is 0 Å². The fraction of sp³-hybridized carbons (Fsp3) is 0.750. The van der Waals surface area contributed by atoms with Crippen LogP contribution in [0.1, 0.15) is 27.7 Å². The quantitative estimate of drug-likeness (QED) is 0.568. The van der Waals surface area contributed by atoms with Crippen molar-refractivity contribution in [2.75, 3.05) is 13.1 Å². The fourth-order valence-electron chi connectivity index (χ4n) is 1.66. The zero-order valence-electron chi connectivity index (χ0n) is 12.6. The first-order valence-electron chi connectivity index (χ1n) is 6.41. The molecular weight excluding hydrogens is 327 g/mol. The van der Waals surface area contributed by atoms with Crippen LogP contribution in [-0.2, 0) is 19.0 Å². The Hall–Kier alpha value is -1.45. The molecule has 0 bridgehead atoms. The molecule has 0 spiro atoms. The summed E-state index contributed by atoms with van der Waals surface area (Å²) in [5, 5.41) is 0. The van der Waals surface area contributed by atoms with Crippen molar-refractivity contribution >= 4 is 16.2 Å². The van der Waals surface area contributed by atoms with Crippen LogP contribution in [0, 0.1) is 5.92 Å². The lowest BCUT2D eigenvalue weighted by Gasteiger charge is -2.32. The molecular formula is C12H18F3NO5S. The first-order valence-corrected chi connectivity index (χ1v) is 7.82. The minimum absolute atomic E-state index is 0.00583. The number of carbonyl (C=O) groups is 1. The van der Waals surface area contributed by atoms with Crippen molar-refractivity contribution in [2.24, 2.45) is 5.92 Å². The van der Waals surface area contributed by atoms with Gasteiger partial charge in [0.05, 0.1) is 0 Å². The lowest BCUT2D eigenvalue weighted by atomic mass is 10.1. The van der Waals surface area contributed by atoms with Crippen LogP contribution in [-0.4, -0.2) is 43.6 Å². The van der Waals surface area contributed by atoms with Crippen LogP contribution in [0.25, 0.3) is 0 Å². The van der Waals surface area contributed by atoms with Gasteiger partial charge in [0.1, 0.15) is 11.4 Å². The number of halogens is 3. The van der Waals surface area contributed by atoms with E-state index >= 15 is 0 Å². The highest BCUT2D eigenvalue weighted by Crippen LogP contribution is 2.30. The smallest absolute Gasteiger partial charge is 0.444 e. The van der Waals surface area contributed by atoms with E-state index < -0.39 is 33.2 Å². The number of nitrogens with zero attached hydrogens (tertiary/aromatic N) is 1. The Labute approximate surface area is 127 Å². The topological polar surface area (TPSA) is 72.9 Å².